The monoisotopic (exact) mass is 617 g/mol. The van der Waals surface area contributed by atoms with E-state index in [0.717, 1.165) is 48.2 Å². The molecule has 1 aliphatic rings. The Bertz CT molecular complexity index is 1610. The minimum Gasteiger partial charge on any atom is -0.490 e. The van der Waals surface area contributed by atoms with Crippen molar-refractivity contribution in [3.63, 3.8) is 0 Å². The number of nitrogens with one attached hydrogen (secondary N) is 1. The molecule has 1 amide bonds. The molecule has 1 aromatic heterocycles. The Morgan fingerprint density at radius 2 is 1.91 bits per heavy atom. The summed E-state index contributed by atoms with van der Waals surface area (Å²) >= 11 is 6.23. The van der Waals surface area contributed by atoms with Crippen LogP contribution in [0.3, 0.4) is 0 Å². The smallest absolute Gasteiger partial charge is 0.421 e. The molecule has 2 heterocycles. The van der Waals surface area contributed by atoms with Crippen molar-refractivity contribution in [1.29, 1.82) is 0 Å². The summed E-state index contributed by atoms with van der Waals surface area (Å²) < 4.78 is 26.7. The van der Waals surface area contributed by atoms with Crippen molar-refractivity contribution in [2.24, 2.45) is 5.92 Å². The second-order valence-electron chi connectivity index (χ2n) is 11.4. The zero-order valence-electron chi connectivity index (χ0n) is 25.4. The number of nitrogens with zero attached hydrogens (tertiary/aromatic N) is 4. The topological polar surface area (TPSA) is 79.8 Å². The van der Waals surface area contributed by atoms with Crippen LogP contribution in [0.25, 0.3) is 0 Å². The fourth-order valence-electron chi connectivity index (χ4n) is 5.53. The Kier molecular flexibility index (Phi) is 9.97. The summed E-state index contributed by atoms with van der Waals surface area (Å²) in [6.07, 6.45) is 3.11. The number of anilines is 3. The molecule has 4 aromatic rings. The molecule has 1 unspecified atom stereocenters. The highest BCUT2D eigenvalue weighted by Crippen LogP contribution is 2.28. The second-order valence-corrected chi connectivity index (χ2v) is 11.8. The Hall–Kier alpha value is -4.21. The summed E-state index contributed by atoms with van der Waals surface area (Å²) in [5.74, 6) is 1.08. The highest BCUT2D eigenvalue weighted by atomic mass is 35.5. The number of amides is 1. The number of carbonyl (C=O) groups excluding carboxylic acids is 1. The van der Waals surface area contributed by atoms with Gasteiger partial charge in [0, 0.05) is 35.4 Å². The van der Waals surface area contributed by atoms with Gasteiger partial charge in [-0.1, -0.05) is 41.4 Å². The lowest BCUT2D eigenvalue weighted by Crippen LogP contribution is -2.34. The largest absolute Gasteiger partial charge is 0.490 e. The number of hydrogen-bond acceptors (Lipinski definition) is 7. The third kappa shape index (κ3) is 8.03. The van der Waals surface area contributed by atoms with Gasteiger partial charge in [0.1, 0.15) is 11.6 Å². The van der Waals surface area contributed by atoms with Crippen molar-refractivity contribution in [3.05, 3.63) is 100.0 Å². The van der Waals surface area contributed by atoms with Crippen molar-refractivity contribution in [2.75, 3.05) is 37.0 Å². The third-order valence-electron chi connectivity index (χ3n) is 7.55. The van der Waals surface area contributed by atoms with E-state index in [2.05, 4.69) is 27.2 Å². The van der Waals surface area contributed by atoms with Crippen LogP contribution in [0.4, 0.5) is 26.6 Å². The van der Waals surface area contributed by atoms with Gasteiger partial charge in [0.2, 0.25) is 5.95 Å². The molecule has 8 nitrogen and oxygen atoms in total. The quantitative estimate of drug-likeness (QED) is 0.205. The number of hydrogen-bond donors (Lipinski definition) is 1. The third-order valence-corrected chi connectivity index (χ3v) is 7.78. The number of aryl methyl sites for hydroxylation is 3. The van der Waals surface area contributed by atoms with Crippen molar-refractivity contribution >= 4 is 35.1 Å². The van der Waals surface area contributed by atoms with Gasteiger partial charge in [0.25, 0.3) is 0 Å². The zero-order valence-corrected chi connectivity index (χ0v) is 26.2. The summed E-state index contributed by atoms with van der Waals surface area (Å²) in [7, 11) is 2.09. The maximum absolute atomic E-state index is 15.0. The molecular formula is C34H37ClFN5O3. The van der Waals surface area contributed by atoms with Gasteiger partial charge < -0.3 is 19.7 Å². The molecule has 5 rings (SSSR count). The van der Waals surface area contributed by atoms with Crippen molar-refractivity contribution < 1.29 is 18.7 Å². The minimum absolute atomic E-state index is 0.150. The molecule has 0 spiro atoms. The standard InChI is InChI=1S/C34H37ClFN5O3/c1-22-15-23(2)32(24(3)16-22)44-34(42)41(20-25-7-5-9-27(35)17-25)31-12-13-37-33(39-31)38-28-10-11-30(29(36)18-28)43-21-26-8-6-14-40(4)19-26/h5,7,9-13,15-18,26H,6,8,14,19-21H2,1-4H3,(H,37,38,39). The van der Waals surface area contributed by atoms with Crippen LogP contribution in [0.1, 0.15) is 35.1 Å². The number of piperidine rings is 1. The van der Waals surface area contributed by atoms with Crippen molar-refractivity contribution in [1.82, 2.24) is 14.9 Å². The highest BCUT2D eigenvalue weighted by Gasteiger charge is 2.23. The molecule has 0 radical (unpaired) electrons. The first-order valence-electron chi connectivity index (χ1n) is 14.7. The molecule has 10 heteroatoms. The number of ether oxygens (including phenoxy) is 2. The molecule has 0 aliphatic carbocycles. The average molecular weight is 618 g/mol. The van der Waals surface area contributed by atoms with Gasteiger partial charge >= 0.3 is 6.09 Å². The Morgan fingerprint density at radius 3 is 2.64 bits per heavy atom. The molecule has 230 valence electrons. The maximum atomic E-state index is 15.0. The van der Waals surface area contributed by atoms with Crippen LogP contribution in [0.15, 0.2) is 66.9 Å². The number of likely N-dealkylation sites (tertiary alicyclic amines) is 1. The summed E-state index contributed by atoms with van der Waals surface area (Å²) in [5.41, 5.74) is 4.01. The summed E-state index contributed by atoms with van der Waals surface area (Å²) in [4.78, 5) is 26.2. The summed E-state index contributed by atoms with van der Waals surface area (Å²) in [5, 5.41) is 3.59. The summed E-state index contributed by atoms with van der Waals surface area (Å²) in [6, 6.07) is 17.4. The predicted octanol–water partition coefficient (Wildman–Crippen LogP) is 7.86. The van der Waals surface area contributed by atoms with Crippen LogP contribution in [0, 0.1) is 32.5 Å². The van der Waals surface area contributed by atoms with E-state index < -0.39 is 11.9 Å². The van der Waals surface area contributed by atoms with E-state index in [1.807, 2.05) is 45.0 Å². The molecule has 3 aromatic carbocycles. The van der Waals surface area contributed by atoms with Crippen LogP contribution in [0.5, 0.6) is 11.5 Å². The normalized spacial score (nSPS) is 15.1. The van der Waals surface area contributed by atoms with Crippen LogP contribution >= 0.6 is 11.6 Å². The predicted molar refractivity (Wildman–Crippen MR) is 172 cm³/mol. The van der Waals surface area contributed by atoms with E-state index in [9.17, 15) is 9.18 Å². The van der Waals surface area contributed by atoms with E-state index >= 15 is 0 Å². The molecule has 1 saturated heterocycles. The van der Waals surface area contributed by atoms with Gasteiger partial charge in [0.15, 0.2) is 11.6 Å². The van der Waals surface area contributed by atoms with E-state index in [1.54, 1.807) is 30.3 Å². The number of rotatable bonds is 9. The first-order valence-corrected chi connectivity index (χ1v) is 15.0. The van der Waals surface area contributed by atoms with Gasteiger partial charge in [0.05, 0.1) is 13.2 Å². The highest BCUT2D eigenvalue weighted by molar-refractivity contribution is 6.30. The first kappa shape index (κ1) is 31.2. The molecule has 1 atom stereocenters. The molecule has 0 saturated carbocycles. The van der Waals surface area contributed by atoms with Crippen LogP contribution in [-0.2, 0) is 6.54 Å². The van der Waals surface area contributed by atoms with Crippen LogP contribution < -0.4 is 19.7 Å². The number of benzene rings is 3. The molecule has 0 bridgehead atoms. The lowest BCUT2D eigenvalue weighted by molar-refractivity contribution is 0.147. The minimum atomic E-state index is -0.610. The number of halogens is 2. The van der Waals surface area contributed by atoms with Crippen molar-refractivity contribution in [2.45, 2.75) is 40.2 Å². The molecule has 1 N–H and O–H groups in total. The fraction of sp³-hybridized carbons (Fsp3) is 0.324. The first-order chi connectivity index (χ1) is 21.1. The zero-order chi connectivity index (χ0) is 31.2. The fourth-order valence-corrected chi connectivity index (χ4v) is 5.74. The molecule has 1 aliphatic heterocycles. The van der Waals surface area contributed by atoms with E-state index in [-0.39, 0.29) is 18.2 Å². The van der Waals surface area contributed by atoms with E-state index in [4.69, 9.17) is 21.1 Å². The Balaban J connectivity index is 1.34. The second kappa shape index (κ2) is 14.1. The van der Waals surface area contributed by atoms with Gasteiger partial charge in [-0.25, -0.2) is 14.2 Å². The van der Waals surface area contributed by atoms with Crippen LogP contribution in [-0.4, -0.2) is 47.7 Å². The molecular weight excluding hydrogens is 581 g/mol. The molecule has 44 heavy (non-hydrogen) atoms. The van der Waals surface area contributed by atoms with Gasteiger partial charge in [-0.05, 0) is 94.2 Å². The SMILES string of the molecule is Cc1cc(C)c(OC(=O)N(Cc2cccc(Cl)c2)c2ccnc(Nc3ccc(OCC4CCCN(C)C4)c(F)c3)n2)c(C)c1. The molecule has 1 fully saturated rings. The van der Waals surface area contributed by atoms with Crippen molar-refractivity contribution in [3.8, 4) is 11.5 Å². The number of carbonyl (C=O) groups is 1. The summed E-state index contributed by atoms with van der Waals surface area (Å²) in [6.45, 7) is 8.45. The Labute approximate surface area is 262 Å². The average Bonchev–Trinajstić information content (AvgIpc) is 2.97. The lowest BCUT2D eigenvalue weighted by Gasteiger charge is -2.29. The van der Waals surface area contributed by atoms with Gasteiger partial charge in [-0.3, -0.25) is 4.90 Å². The van der Waals surface area contributed by atoms with E-state index in [0.29, 0.717) is 34.8 Å². The van der Waals surface area contributed by atoms with Gasteiger partial charge in [-0.2, -0.15) is 4.98 Å². The maximum Gasteiger partial charge on any atom is 0.421 e. The number of aromatic nitrogens is 2. The Morgan fingerprint density at radius 1 is 1.11 bits per heavy atom. The van der Waals surface area contributed by atoms with Crippen LogP contribution in [0.2, 0.25) is 5.02 Å². The van der Waals surface area contributed by atoms with Gasteiger partial charge in [-0.15, -0.1) is 0 Å². The van der Waals surface area contributed by atoms with E-state index in [1.165, 1.54) is 17.2 Å². The lowest BCUT2D eigenvalue weighted by atomic mass is 10.00.